The van der Waals surface area contributed by atoms with E-state index in [0.29, 0.717) is 43.2 Å². The summed E-state index contributed by atoms with van der Waals surface area (Å²) >= 11 is 0. The fraction of sp³-hybridized carbons (Fsp3) is 0.375. The molecule has 1 heterocycles. The molecule has 1 fully saturated rings. The Morgan fingerprint density at radius 3 is 2.21 bits per heavy atom. The number of carbonyl (C=O) groups excluding carboxylic acids is 3. The summed E-state index contributed by atoms with van der Waals surface area (Å²) < 4.78 is 10.9. The fourth-order valence-corrected chi connectivity index (χ4v) is 3.55. The second kappa shape index (κ2) is 10.7. The molecule has 1 saturated heterocycles. The number of hydrogen-bond acceptors (Lipinski definition) is 6. The normalized spacial score (nSPS) is 13.6. The van der Waals surface area contributed by atoms with Gasteiger partial charge in [0.1, 0.15) is 5.75 Å². The maximum atomic E-state index is 13.0. The highest BCUT2D eigenvalue weighted by atomic mass is 16.5. The van der Waals surface area contributed by atoms with Gasteiger partial charge in [-0.3, -0.25) is 14.4 Å². The highest BCUT2D eigenvalue weighted by Gasteiger charge is 2.27. The number of methoxy groups -OCH3 is 1. The number of phenols is 1. The number of rotatable bonds is 7. The van der Waals surface area contributed by atoms with Gasteiger partial charge in [-0.05, 0) is 44.2 Å². The standard InChI is InChI=1S/C24H29N3O6/c1-16(2)25-22(29)15-33-20-9-8-17(14-21(20)32-3)23(30)26-10-12-27(13-11-26)24(31)18-6-4-5-7-19(18)28/h4-9,14,16,28H,10-13,15H2,1-3H3,(H,25,29). The number of piperazine rings is 1. The predicted octanol–water partition coefficient (Wildman–Crippen LogP) is 1.90. The third-order valence-electron chi connectivity index (χ3n) is 5.21. The molecule has 33 heavy (non-hydrogen) atoms. The average molecular weight is 456 g/mol. The zero-order valence-corrected chi connectivity index (χ0v) is 19.0. The lowest BCUT2D eigenvalue weighted by Gasteiger charge is -2.35. The second-order valence-corrected chi connectivity index (χ2v) is 7.98. The van der Waals surface area contributed by atoms with Gasteiger partial charge in [-0.1, -0.05) is 12.1 Å². The number of amides is 3. The summed E-state index contributed by atoms with van der Waals surface area (Å²) in [6.07, 6.45) is 0. The van der Waals surface area contributed by atoms with E-state index in [1.54, 1.807) is 46.2 Å². The van der Waals surface area contributed by atoms with Gasteiger partial charge in [0.2, 0.25) is 0 Å². The number of aromatic hydroxyl groups is 1. The molecule has 176 valence electrons. The van der Waals surface area contributed by atoms with Gasteiger partial charge in [0.05, 0.1) is 12.7 Å². The lowest BCUT2D eigenvalue weighted by molar-refractivity contribution is -0.123. The number of benzene rings is 2. The van der Waals surface area contributed by atoms with Gasteiger partial charge < -0.3 is 29.7 Å². The van der Waals surface area contributed by atoms with Gasteiger partial charge in [0.15, 0.2) is 18.1 Å². The molecule has 1 aliphatic rings. The van der Waals surface area contributed by atoms with Crippen LogP contribution >= 0.6 is 0 Å². The van der Waals surface area contributed by atoms with Crippen LogP contribution in [0.4, 0.5) is 0 Å². The highest BCUT2D eigenvalue weighted by Crippen LogP contribution is 2.29. The lowest BCUT2D eigenvalue weighted by atomic mass is 10.1. The number of nitrogens with zero attached hydrogens (tertiary/aromatic N) is 2. The van der Waals surface area contributed by atoms with Crippen molar-refractivity contribution in [2.75, 3.05) is 39.9 Å². The molecule has 3 rings (SSSR count). The van der Waals surface area contributed by atoms with E-state index in [9.17, 15) is 19.5 Å². The molecule has 1 aliphatic heterocycles. The van der Waals surface area contributed by atoms with Crippen LogP contribution in [0.15, 0.2) is 42.5 Å². The van der Waals surface area contributed by atoms with Gasteiger partial charge in [-0.2, -0.15) is 0 Å². The lowest BCUT2D eigenvalue weighted by Crippen LogP contribution is -2.50. The molecule has 2 N–H and O–H groups in total. The molecule has 0 aliphatic carbocycles. The molecule has 2 aromatic rings. The van der Waals surface area contributed by atoms with E-state index in [1.807, 2.05) is 13.8 Å². The number of carbonyl (C=O) groups is 3. The quantitative estimate of drug-likeness (QED) is 0.660. The van der Waals surface area contributed by atoms with Gasteiger partial charge in [-0.15, -0.1) is 0 Å². The zero-order valence-electron chi connectivity index (χ0n) is 19.0. The van der Waals surface area contributed by atoms with Gasteiger partial charge in [0, 0.05) is 37.8 Å². The van der Waals surface area contributed by atoms with Crippen LogP contribution in [0.3, 0.4) is 0 Å². The van der Waals surface area contributed by atoms with E-state index in [0.717, 1.165) is 0 Å². The average Bonchev–Trinajstić information content (AvgIpc) is 2.81. The molecule has 3 amide bonds. The summed E-state index contributed by atoms with van der Waals surface area (Å²) in [5.41, 5.74) is 0.672. The Bertz CT molecular complexity index is 1020. The fourth-order valence-electron chi connectivity index (χ4n) is 3.55. The molecule has 0 bridgehead atoms. The maximum Gasteiger partial charge on any atom is 0.258 e. The molecular weight excluding hydrogens is 426 g/mol. The van der Waals surface area contributed by atoms with Gasteiger partial charge in [-0.25, -0.2) is 0 Å². The van der Waals surface area contributed by atoms with Crippen molar-refractivity contribution in [1.29, 1.82) is 0 Å². The first-order valence-electron chi connectivity index (χ1n) is 10.8. The van der Waals surface area contributed by atoms with Crippen LogP contribution in [-0.2, 0) is 4.79 Å². The minimum Gasteiger partial charge on any atom is -0.507 e. The Labute approximate surface area is 192 Å². The van der Waals surface area contributed by atoms with Crippen LogP contribution < -0.4 is 14.8 Å². The van der Waals surface area contributed by atoms with Crippen LogP contribution in [-0.4, -0.2) is 78.6 Å². The van der Waals surface area contributed by atoms with Crippen molar-refractivity contribution in [2.24, 2.45) is 0 Å². The third kappa shape index (κ3) is 5.94. The molecule has 2 aromatic carbocycles. The first-order chi connectivity index (χ1) is 15.8. The molecule has 0 saturated carbocycles. The van der Waals surface area contributed by atoms with Crippen molar-refractivity contribution in [3.05, 3.63) is 53.6 Å². The van der Waals surface area contributed by atoms with E-state index in [2.05, 4.69) is 5.32 Å². The Morgan fingerprint density at radius 1 is 0.970 bits per heavy atom. The van der Waals surface area contributed by atoms with Crippen molar-refractivity contribution in [1.82, 2.24) is 15.1 Å². The topological polar surface area (TPSA) is 108 Å². The summed E-state index contributed by atoms with van der Waals surface area (Å²) in [7, 11) is 1.47. The van der Waals surface area contributed by atoms with Crippen molar-refractivity contribution in [3.8, 4) is 17.2 Å². The molecule has 0 spiro atoms. The molecular formula is C24H29N3O6. The summed E-state index contributed by atoms with van der Waals surface area (Å²) in [4.78, 5) is 40.8. The second-order valence-electron chi connectivity index (χ2n) is 7.98. The smallest absolute Gasteiger partial charge is 0.258 e. The zero-order chi connectivity index (χ0) is 24.0. The summed E-state index contributed by atoms with van der Waals surface area (Å²) in [6.45, 7) is 5.03. The Morgan fingerprint density at radius 2 is 1.61 bits per heavy atom. The van der Waals surface area contributed by atoms with Crippen molar-refractivity contribution in [2.45, 2.75) is 19.9 Å². The minimum atomic E-state index is -0.259. The molecule has 9 heteroatoms. The number of para-hydroxylation sites is 1. The Balaban J connectivity index is 1.60. The molecule has 9 nitrogen and oxygen atoms in total. The van der Waals surface area contributed by atoms with Crippen molar-refractivity contribution in [3.63, 3.8) is 0 Å². The number of nitrogens with one attached hydrogen (secondary N) is 1. The molecule has 0 atom stereocenters. The number of phenolic OH excluding ortho intramolecular Hbond substituents is 1. The number of ether oxygens (including phenoxy) is 2. The van der Waals surface area contributed by atoms with Crippen LogP contribution in [0.2, 0.25) is 0 Å². The summed E-state index contributed by atoms with van der Waals surface area (Å²) in [5.74, 6) is -0.0323. The van der Waals surface area contributed by atoms with Crippen LogP contribution in [0.5, 0.6) is 17.2 Å². The monoisotopic (exact) mass is 455 g/mol. The van der Waals surface area contributed by atoms with E-state index >= 15 is 0 Å². The van der Waals surface area contributed by atoms with Crippen LogP contribution in [0.1, 0.15) is 34.6 Å². The SMILES string of the molecule is COc1cc(C(=O)N2CCN(C(=O)c3ccccc3O)CC2)ccc1OCC(=O)NC(C)C. The summed E-state index contributed by atoms with van der Waals surface area (Å²) in [6, 6.07) is 11.2. The van der Waals surface area contributed by atoms with Gasteiger partial charge in [0.25, 0.3) is 17.7 Å². The predicted molar refractivity (Wildman–Crippen MR) is 122 cm³/mol. The van der Waals surface area contributed by atoms with Crippen molar-refractivity contribution >= 4 is 17.7 Å². The van der Waals surface area contributed by atoms with E-state index in [1.165, 1.54) is 13.2 Å². The number of hydrogen-bond donors (Lipinski definition) is 2. The highest BCUT2D eigenvalue weighted by molar-refractivity contribution is 5.97. The van der Waals surface area contributed by atoms with Gasteiger partial charge >= 0.3 is 0 Å². The summed E-state index contributed by atoms with van der Waals surface area (Å²) in [5, 5.41) is 12.7. The first kappa shape index (κ1) is 23.9. The first-order valence-corrected chi connectivity index (χ1v) is 10.8. The van der Waals surface area contributed by atoms with Crippen LogP contribution in [0.25, 0.3) is 0 Å². The van der Waals surface area contributed by atoms with E-state index < -0.39 is 0 Å². The minimum absolute atomic E-state index is 0.0112. The Hall–Kier alpha value is -3.75. The maximum absolute atomic E-state index is 13.0. The molecule has 0 aromatic heterocycles. The largest absolute Gasteiger partial charge is 0.507 e. The van der Waals surface area contributed by atoms with E-state index in [-0.39, 0.29) is 41.7 Å². The third-order valence-corrected chi connectivity index (χ3v) is 5.21. The molecule has 0 unspecified atom stereocenters. The van der Waals surface area contributed by atoms with E-state index in [4.69, 9.17) is 9.47 Å². The molecule has 0 radical (unpaired) electrons. The van der Waals surface area contributed by atoms with Crippen molar-refractivity contribution < 1.29 is 29.0 Å². The van der Waals surface area contributed by atoms with Crippen LogP contribution in [0, 0.1) is 0 Å². The Kier molecular flexibility index (Phi) is 7.76.